The molecular weight excluding hydrogens is 166 g/mol. The van der Waals surface area contributed by atoms with Gasteiger partial charge in [-0.25, -0.2) is 4.79 Å². The molecule has 0 aromatic rings. The van der Waals surface area contributed by atoms with Crippen LogP contribution in [0, 0.1) is 5.41 Å². The molecule has 1 amide bonds. The Bertz CT molecular complexity index is 209. The number of hydrogen-bond acceptors (Lipinski definition) is 2. The van der Waals surface area contributed by atoms with Gasteiger partial charge in [-0.1, -0.05) is 26.2 Å². The molecule has 2 aliphatic rings. The van der Waals surface area contributed by atoms with Crippen LogP contribution in [-0.2, 0) is 4.74 Å². The predicted octanol–water partition coefficient (Wildman–Crippen LogP) is 2.07. The predicted molar refractivity (Wildman–Crippen MR) is 49.5 cm³/mol. The molecule has 0 aromatic heterocycles. The molecule has 13 heavy (non-hydrogen) atoms. The van der Waals surface area contributed by atoms with Crippen molar-refractivity contribution in [3.8, 4) is 0 Å². The lowest BCUT2D eigenvalue weighted by atomic mass is 9.72. The fraction of sp³-hybridized carbons (Fsp3) is 0.900. The minimum Gasteiger partial charge on any atom is -0.444 e. The van der Waals surface area contributed by atoms with Gasteiger partial charge in [0.25, 0.3) is 0 Å². The molecule has 0 spiro atoms. The molecule has 1 unspecified atom stereocenters. The molecule has 2 fully saturated rings. The summed E-state index contributed by atoms with van der Waals surface area (Å²) in [6, 6.07) is 0. The van der Waals surface area contributed by atoms with Crippen LogP contribution in [0.15, 0.2) is 0 Å². The zero-order valence-electron chi connectivity index (χ0n) is 8.14. The van der Waals surface area contributed by atoms with Crippen molar-refractivity contribution in [1.29, 1.82) is 0 Å². The van der Waals surface area contributed by atoms with Crippen LogP contribution in [0.5, 0.6) is 0 Å². The van der Waals surface area contributed by atoms with E-state index in [1.807, 2.05) is 0 Å². The second-order valence-corrected chi connectivity index (χ2v) is 4.49. The van der Waals surface area contributed by atoms with Crippen LogP contribution in [0.4, 0.5) is 4.79 Å². The van der Waals surface area contributed by atoms with E-state index in [0.29, 0.717) is 6.54 Å². The Morgan fingerprint density at radius 1 is 1.38 bits per heavy atom. The highest BCUT2D eigenvalue weighted by Gasteiger charge is 2.40. The quantitative estimate of drug-likeness (QED) is 0.675. The van der Waals surface area contributed by atoms with E-state index in [0.717, 1.165) is 0 Å². The Morgan fingerprint density at radius 3 is 2.62 bits per heavy atom. The van der Waals surface area contributed by atoms with Crippen molar-refractivity contribution in [2.24, 2.45) is 5.41 Å². The van der Waals surface area contributed by atoms with E-state index in [1.54, 1.807) is 0 Å². The van der Waals surface area contributed by atoms with Crippen molar-refractivity contribution < 1.29 is 9.53 Å². The largest absolute Gasteiger partial charge is 0.444 e. The van der Waals surface area contributed by atoms with Crippen molar-refractivity contribution in [2.45, 2.75) is 45.1 Å². The lowest BCUT2D eigenvalue weighted by Gasteiger charge is -2.36. The summed E-state index contributed by atoms with van der Waals surface area (Å²) in [6.45, 7) is 2.95. The van der Waals surface area contributed by atoms with Crippen molar-refractivity contribution >= 4 is 6.09 Å². The maximum atomic E-state index is 10.9. The first-order valence-corrected chi connectivity index (χ1v) is 5.15. The Hall–Kier alpha value is -0.730. The van der Waals surface area contributed by atoms with E-state index in [-0.39, 0.29) is 17.6 Å². The normalized spacial score (nSPS) is 32.4. The summed E-state index contributed by atoms with van der Waals surface area (Å²) < 4.78 is 5.25. The summed E-state index contributed by atoms with van der Waals surface area (Å²) >= 11 is 0. The number of carbonyl (C=O) groups excluding carboxylic acids is 1. The average Bonchev–Trinajstić information content (AvgIpc) is 2.54. The first kappa shape index (κ1) is 8.85. The molecule has 0 radical (unpaired) electrons. The number of cyclic esters (lactones) is 1. The van der Waals surface area contributed by atoms with Crippen LogP contribution in [0.2, 0.25) is 0 Å². The van der Waals surface area contributed by atoms with Crippen LogP contribution < -0.4 is 5.32 Å². The standard InChI is InChI=1S/C10H17NO2/c1-10(5-3-2-4-6-10)8-7-11-9(12)13-8/h8H,2-7H2,1H3,(H,11,12). The van der Waals surface area contributed by atoms with Crippen LogP contribution >= 0.6 is 0 Å². The molecule has 1 aliphatic heterocycles. The zero-order chi connectivity index (χ0) is 9.31. The minimum absolute atomic E-state index is 0.111. The van der Waals surface area contributed by atoms with E-state index in [2.05, 4.69) is 12.2 Å². The number of alkyl carbamates (subject to hydrolysis) is 1. The second-order valence-electron chi connectivity index (χ2n) is 4.49. The topological polar surface area (TPSA) is 38.3 Å². The molecule has 0 bridgehead atoms. The van der Waals surface area contributed by atoms with Gasteiger partial charge in [-0.3, -0.25) is 0 Å². The number of rotatable bonds is 1. The van der Waals surface area contributed by atoms with Crippen LogP contribution in [-0.4, -0.2) is 18.7 Å². The molecule has 1 N–H and O–H groups in total. The van der Waals surface area contributed by atoms with Gasteiger partial charge in [0.2, 0.25) is 0 Å². The first-order valence-electron chi connectivity index (χ1n) is 5.15. The molecule has 3 nitrogen and oxygen atoms in total. The van der Waals surface area contributed by atoms with E-state index in [1.165, 1.54) is 32.1 Å². The lowest BCUT2D eigenvalue weighted by molar-refractivity contribution is 0.0259. The number of nitrogens with one attached hydrogen (secondary N) is 1. The lowest BCUT2D eigenvalue weighted by Crippen LogP contribution is -2.36. The van der Waals surface area contributed by atoms with Crippen molar-refractivity contribution in [1.82, 2.24) is 5.32 Å². The maximum absolute atomic E-state index is 10.9. The molecule has 1 saturated heterocycles. The summed E-state index contributed by atoms with van der Waals surface area (Å²) in [5.41, 5.74) is 0.234. The Labute approximate surface area is 78.8 Å². The van der Waals surface area contributed by atoms with Crippen molar-refractivity contribution in [3.63, 3.8) is 0 Å². The smallest absolute Gasteiger partial charge is 0.407 e. The van der Waals surface area contributed by atoms with Crippen molar-refractivity contribution in [3.05, 3.63) is 0 Å². The van der Waals surface area contributed by atoms with Gasteiger partial charge in [0.1, 0.15) is 6.10 Å². The molecule has 1 aliphatic carbocycles. The van der Waals surface area contributed by atoms with Gasteiger partial charge < -0.3 is 10.1 Å². The van der Waals surface area contributed by atoms with E-state index in [4.69, 9.17) is 4.74 Å². The van der Waals surface area contributed by atoms with E-state index >= 15 is 0 Å². The SMILES string of the molecule is CC1(C2CNC(=O)O2)CCCCC1. The van der Waals surface area contributed by atoms with Gasteiger partial charge >= 0.3 is 6.09 Å². The third-order valence-electron chi connectivity index (χ3n) is 3.45. The van der Waals surface area contributed by atoms with Gasteiger partial charge in [0, 0.05) is 5.41 Å². The van der Waals surface area contributed by atoms with Crippen molar-refractivity contribution in [2.75, 3.05) is 6.54 Å². The molecule has 74 valence electrons. The highest BCUT2D eigenvalue weighted by atomic mass is 16.6. The molecule has 1 heterocycles. The van der Waals surface area contributed by atoms with Crippen LogP contribution in [0.1, 0.15) is 39.0 Å². The summed E-state index contributed by atoms with van der Waals surface area (Å²) in [6.07, 6.45) is 6.18. The fourth-order valence-electron chi connectivity index (χ4n) is 2.46. The van der Waals surface area contributed by atoms with Crippen LogP contribution in [0.25, 0.3) is 0 Å². The average molecular weight is 183 g/mol. The van der Waals surface area contributed by atoms with Gasteiger partial charge in [-0.2, -0.15) is 0 Å². The molecule has 3 heteroatoms. The van der Waals surface area contributed by atoms with Gasteiger partial charge in [0.05, 0.1) is 6.54 Å². The third-order valence-corrected chi connectivity index (χ3v) is 3.45. The Morgan fingerprint density at radius 2 is 2.08 bits per heavy atom. The summed E-state index contributed by atoms with van der Waals surface area (Å²) in [5, 5.41) is 2.73. The van der Waals surface area contributed by atoms with Gasteiger partial charge in [-0.15, -0.1) is 0 Å². The molecule has 2 rings (SSSR count). The monoisotopic (exact) mass is 183 g/mol. The van der Waals surface area contributed by atoms with E-state index < -0.39 is 0 Å². The third kappa shape index (κ3) is 1.64. The molecular formula is C10H17NO2. The highest BCUT2D eigenvalue weighted by molar-refractivity contribution is 5.69. The van der Waals surface area contributed by atoms with E-state index in [9.17, 15) is 4.79 Å². The van der Waals surface area contributed by atoms with Gasteiger partial charge in [0.15, 0.2) is 0 Å². The summed E-state index contributed by atoms with van der Waals surface area (Å²) in [5.74, 6) is 0. The fourth-order valence-corrected chi connectivity index (χ4v) is 2.46. The second kappa shape index (κ2) is 3.20. The molecule has 1 saturated carbocycles. The molecule has 0 aromatic carbocycles. The zero-order valence-corrected chi connectivity index (χ0v) is 8.14. The Balaban J connectivity index is 2.01. The highest BCUT2D eigenvalue weighted by Crippen LogP contribution is 2.40. The van der Waals surface area contributed by atoms with Gasteiger partial charge in [-0.05, 0) is 12.8 Å². The summed E-state index contributed by atoms with van der Waals surface area (Å²) in [4.78, 5) is 10.9. The first-order chi connectivity index (χ1) is 6.21. The number of amides is 1. The number of hydrogen-bond donors (Lipinski definition) is 1. The number of carbonyl (C=O) groups is 1. The number of ether oxygens (including phenoxy) is 1. The summed E-state index contributed by atoms with van der Waals surface area (Å²) in [7, 11) is 0. The Kier molecular flexibility index (Phi) is 2.18. The minimum atomic E-state index is -0.239. The maximum Gasteiger partial charge on any atom is 0.407 e. The van der Waals surface area contributed by atoms with Crippen LogP contribution in [0.3, 0.4) is 0 Å². The molecule has 1 atom stereocenters.